The van der Waals surface area contributed by atoms with E-state index in [9.17, 15) is 9.90 Å². The molecule has 0 amide bonds. The molecule has 0 aromatic rings. The van der Waals surface area contributed by atoms with Gasteiger partial charge in [-0.2, -0.15) is 0 Å². The molecule has 4 aliphatic carbocycles. The van der Waals surface area contributed by atoms with Crippen molar-refractivity contribution in [1.29, 1.82) is 0 Å². The molecule has 0 radical (unpaired) electrons. The van der Waals surface area contributed by atoms with Crippen molar-refractivity contribution in [3.05, 3.63) is 23.8 Å². The Hall–Kier alpha value is -1.29. The second-order valence-electron chi connectivity index (χ2n) is 18.2. The zero-order valence-corrected chi connectivity index (χ0v) is 33.5. The van der Waals surface area contributed by atoms with E-state index in [0.717, 1.165) is 68.1 Å². The van der Waals surface area contributed by atoms with Gasteiger partial charge < -0.3 is 14.6 Å². The fourth-order valence-electron chi connectivity index (χ4n) is 11.5. The number of carbonyl (C=O) groups is 1. The molecule has 4 nitrogen and oxygen atoms in total. The van der Waals surface area contributed by atoms with Gasteiger partial charge in [0.05, 0.1) is 6.61 Å². The van der Waals surface area contributed by atoms with Crippen LogP contribution in [0.5, 0.6) is 0 Å². The van der Waals surface area contributed by atoms with Gasteiger partial charge in [-0.15, -0.1) is 0 Å². The highest BCUT2D eigenvalue weighted by Gasteiger charge is 2.59. The number of unbranched alkanes of at least 4 members (excludes halogenated alkanes) is 12. The predicted molar refractivity (Wildman–Crippen MR) is 210 cm³/mol. The van der Waals surface area contributed by atoms with E-state index in [2.05, 4.69) is 52.8 Å². The maximum Gasteiger partial charge on any atom is 0.508 e. The third-order valence-electron chi connectivity index (χ3n) is 14.6. The summed E-state index contributed by atoms with van der Waals surface area (Å²) in [5.41, 5.74) is 2.32. The lowest BCUT2D eigenvalue weighted by atomic mass is 9.47. The van der Waals surface area contributed by atoms with Crippen LogP contribution in [0.25, 0.3) is 0 Å². The van der Waals surface area contributed by atoms with Crippen LogP contribution in [0.15, 0.2) is 23.8 Å². The highest BCUT2D eigenvalue weighted by atomic mass is 16.7. The number of ether oxygens (including phenoxy) is 2. The molecule has 0 aliphatic heterocycles. The maximum absolute atomic E-state index is 12.6. The van der Waals surface area contributed by atoms with E-state index in [1.54, 1.807) is 5.57 Å². The van der Waals surface area contributed by atoms with Gasteiger partial charge in [-0.05, 0) is 130 Å². The molecule has 4 heteroatoms. The lowest BCUT2D eigenvalue weighted by molar-refractivity contribution is -0.0617. The average Bonchev–Trinajstić information content (AvgIpc) is 3.47. The number of aliphatic hydroxyl groups is 1. The van der Waals surface area contributed by atoms with Gasteiger partial charge >= 0.3 is 6.16 Å². The van der Waals surface area contributed by atoms with E-state index >= 15 is 0 Å². The van der Waals surface area contributed by atoms with E-state index in [1.807, 2.05) is 0 Å². The molecule has 3 saturated carbocycles. The summed E-state index contributed by atoms with van der Waals surface area (Å²) in [4.78, 5) is 12.6. The number of allylic oxidation sites excluding steroid dienone is 3. The van der Waals surface area contributed by atoms with Crippen molar-refractivity contribution in [1.82, 2.24) is 0 Å². The van der Waals surface area contributed by atoms with E-state index in [1.165, 1.54) is 122 Å². The molecule has 0 saturated heterocycles. The molecule has 288 valence electrons. The summed E-state index contributed by atoms with van der Waals surface area (Å²) in [6.07, 6.45) is 38.3. The van der Waals surface area contributed by atoms with Gasteiger partial charge in [0.1, 0.15) is 6.10 Å². The molecule has 3 fully saturated rings. The fourth-order valence-corrected chi connectivity index (χ4v) is 11.5. The van der Waals surface area contributed by atoms with E-state index in [-0.39, 0.29) is 11.5 Å². The quantitative estimate of drug-likeness (QED) is 0.0656. The van der Waals surface area contributed by atoms with Crippen LogP contribution in [0.3, 0.4) is 0 Å². The summed E-state index contributed by atoms with van der Waals surface area (Å²) in [6, 6.07) is 0. The van der Waals surface area contributed by atoms with E-state index < -0.39 is 6.16 Å². The number of fused-ring (bicyclic) bond motifs is 5. The summed E-state index contributed by atoms with van der Waals surface area (Å²) in [6.45, 7) is 13.0. The lowest BCUT2D eigenvalue weighted by Gasteiger charge is -2.58. The summed E-state index contributed by atoms with van der Waals surface area (Å²) >= 11 is 0. The van der Waals surface area contributed by atoms with Crippen LogP contribution >= 0.6 is 0 Å². The average molecular weight is 697 g/mol. The van der Waals surface area contributed by atoms with Crippen LogP contribution in [0.2, 0.25) is 0 Å². The fraction of sp³-hybridized carbons (Fsp3) is 0.891. The number of aliphatic hydroxyl groups excluding tert-OH is 1. The Balaban J connectivity index is 1.08. The third-order valence-corrected chi connectivity index (χ3v) is 14.6. The first kappa shape index (κ1) is 41.5. The highest BCUT2D eigenvalue weighted by molar-refractivity contribution is 5.60. The molecule has 0 bridgehead atoms. The van der Waals surface area contributed by atoms with Crippen LogP contribution in [0, 0.1) is 46.3 Å². The number of rotatable bonds is 23. The van der Waals surface area contributed by atoms with E-state index in [4.69, 9.17) is 9.47 Å². The SMILES string of the molecule is CCCCCCCC/C=C\CCCCCCCCOC(=O)O[C@H]1CC[C@@]2(C)C(=CC[C@H]3[C@@H]4CC[C@H]([C@H](C)CCCC(C)CO)[C@@]4(C)CC[C@@H]32)C1. The van der Waals surface area contributed by atoms with Crippen LogP contribution in [0.1, 0.15) is 195 Å². The number of carbonyl (C=O) groups excluding carboxylic acids is 1. The zero-order chi connectivity index (χ0) is 35.8. The number of hydrogen-bond donors (Lipinski definition) is 1. The Labute approximate surface area is 309 Å². The van der Waals surface area contributed by atoms with Crippen LogP contribution in [-0.2, 0) is 9.47 Å². The summed E-state index contributed by atoms with van der Waals surface area (Å²) < 4.78 is 11.4. The predicted octanol–water partition coefficient (Wildman–Crippen LogP) is 13.6. The topological polar surface area (TPSA) is 55.8 Å². The van der Waals surface area contributed by atoms with Crippen molar-refractivity contribution in [3.8, 4) is 0 Å². The smallest absolute Gasteiger partial charge is 0.434 e. The molecule has 1 unspecified atom stereocenters. The minimum atomic E-state index is -0.453. The van der Waals surface area contributed by atoms with Crippen LogP contribution in [-0.4, -0.2) is 30.6 Å². The molecule has 0 aromatic carbocycles. The monoisotopic (exact) mass is 697 g/mol. The largest absolute Gasteiger partial charge is 0.508 e. The maximum atomic E-state index is 12.6. The normalized spacial score (nSPS) is 31.8. The molecule has 0 spiro atoms. The van der Waals surface area contributed by atoms with Gasteiger partial charge in [0.25, 0.3) is 0 Å². The van der Waals surface area contributed by atoms with Gasteiger partial charge in [-0.1, -0.05) is 129 Å². The van der Waals surface area contributed by atoms with Crippen molar-refractivity contribution in [3.63, 3.8) is 0 Å². The molecule has 9 atom stereocenters. The Kier molecular flexibility index (Phi) is 17.8. The van der Waals surface area contributed by atoms with E-state index in [0.29, 0.717) is 24.5 Å². The van der Waals surface area contributed by atoms with Crippen molar-refractivity contribution >= 4 is 6.16 Å². The Morgan fingerprint density at radius 1 is 0.840 bits per heavy atom. The molecule has 0 heterocycles. The molecule has 4 aliphatic rings. The summed E-state index contributed by atoms with van der Waals surface area (Å²) in [7, 11) is 0. The standard InChI is InChI=1S/C46H80O4/c1-6-7-8-9-10-11-12-13-14-15-16-17-18-19-20-21-33-49-44(48)50-39-29-31-45(4)38(34-39)25-26-40-42-28-27-41(46(42,5)32-30-43(40)45)37(3)24-22-23-36(2)35-47/h13-14,25,36-37,39-43,47H,6-12,15-24,26-35H2,1-5H3/b14-13-/t36?,37-,39+,40+,41-,42+,43+,45+,46-/m1/s1. The molecule has 4 rings (SSSR count). The summed E-state index contributed by atoms with van der Waals surface area (Å²) in [5.74, 6) is 4.51. The van der Waals surface area contributed by atoms with Gasteiger partial charge in [0.15, 0.2) is 0 Å². The first-order valence-corrected chi connectivity index (χ1v) is 22.0. The van der Waals surface area contributed by atoms with Crippen molar-refractivity contribution in [2.75, 3.05) is 13.2 Å². The van der Waals surface area contributed by atoms with Gasteiger partial charge in [-0.25, -0.2) is 4.79 Å². The number of hydrogen-bond acceptors (Lipinski definition) is 4. The zero-order valence-electron chi connectivity index (χ0n) is 33.5. The second-order valence-corrected chi connectivity index (χ2v) is 18.2. The van der Waals surface area contributed by atoms with Crippen LogP contribution in [0.4, 0.5) is 4.79 Å². The van der Waals surface area contributed by atoms with Crippen molar-refractivity contribution in [2.45, 2.75) is 201 Å². The summed E-state index contributed by atoms with van der Waals surface area (Å²) in [5, 5.41) is 9.45. The Morgan fingerprint density at radius 3 is 2.22 bits per heavy atom. The lowest BCUT2D eigenvalue weighted by Crippen LogP contribution is -2.51. The minimum absolute atomic E-state index is 0.0302. The van der Waals surface area contributed by atoms with Crippen molar-refractivity contribution < 1.29 is 19.4 Å². The first-order chi connectivity index (χ1) is 24.2. The minimum Gasteiger partial charge on any atom is -0.434 e. The van der Waals surface area contributed by atoms with Gasteiger partial charge in [-0.3, -0.25) is 0 Å². The van der Waals surface area contributed by atoms with Crippen LogP contribution < -0.4 is 0 Å². The molecule has 50 heavy (non-hydrogen) atoms. The molecular formula is C46H80O4. The Bertz CT molecular complexity index is 1030. The van der Waals surface area contributed by atoms with Gasteiger partial charge in [0.2, 0.25) is 0 Å². The van der Waals surface area contributed by atoms with Gasteiger partial charge in [0, 0.05) is 13.0 Å². The Morgan fingerprint density at radius 2 is 1.52 bits per heavy atom. The second kappa shape index (κ2) is 21.4. The highest BCUT2D eigenvalue weighted by Crippen LogP contribution is 2.67. The first-order valence-electron chi connectivity index (χ1n) is 22.0. The van der Waals surface area contributed by atoms with Crippen molar-refractivity contribution in [2.24, 2.45) is 46.3 Å². The third kappa shape index (κ3) is 11.6. The molecular weight excluding hydrogens is 617 g/mol. The molecule has 1 N–H and O–H groups in total. The molecule has 0 aromatic heterocycles.